The first kappa shape index (κ1) is 23.1. The summed E-state index contributed by atoms with van der Waals surface area (Å²) in [6, 6.07) is 21.1. The van der Waals surface area contributed by atoms with Crippen LogP contribution in [-0.2, 0) is 23.0 Å². The third-order valence-corrected chi connectivity index (χ3v) is 7.54. The van der Waals surface area contributed by atoms with Gasteiger partial charge in [-0.05, 0) is 85.2 Å². The molecule has 33 heavy (non-hydrogen) atoms. The molecule has 0 radical (unpaired) electrons. The molecule has 1 amide bonds. The van der Waals surface area contributed by atoms with Crippen molar-refractivity contribution in [1.82, 2.24) is 5.32 Å². The molecule has 1 N–H and O–H groups in total. The van der Waals surface area contributed by atoms with Gasteiger partial charge in [0.2, 0.25) is 10.0 Å². The Hall–Kier alpha value is -3.12. The molecule has 0 spiro atoms. The summed E-state index contributed by atoms with van der Waals surface area (Å²) in [4.78, 5) is 12.9. The molecule has 0 aromatic heterocycles. The number of aryl methyl sites for hydroxylation is 3. The molecule has 0 bridgehead atoms. The normalized spacial score (nSPS) is 15.5. The van der Waals surface area contributed by atoms with Gasteiger partial charge in [-0.2, -0.15) is 0 Å². The number of hydrogen-bond donors (Lipinski definition) is 1. The zero-order valence-corrected chi connectivity index (χ0v) is 20.2. The minimum Gasteiger partial charge on any atom is -0.345 e. The van der Waals surface area contributed by atoms with Crippen molar-refractivity contribution < 1.29 is 13.2 Å². The lowest BCUT2D eigenvalue weighted by atomic mass is 9.87. The summed E-state index contributed by atoms with van der Waals surface area (Å²) in [5.74, 6) is -0.114. The molecule has 0 saturated carbocycles. The number of rotatable bonds is 6. The van der Waals surface area contributed by atoms with Gasteiger partial charge in [0.25, 0.3) is 5.91 Å². The van der Waals surface area contributed by atoms with E-state index < -0.39 is 10.0 Å². The molecule has 0 unspecified atom stereocenters. The highest BCUT2D eigenvalue weighted by Gasteiger charge is 2.22. The minimum atomic E-state index is -3.47. The Bertz CT molecular complexity index is 1270. The molecule has 6 heteroatoms. The smallest absolute Gasteiger partial charge is 0.251 e. The average Bonchev–Trinajstić information content (AvgIpc) is 2.79. The molecule has 1 aliphatic rings. The summed E-state index contributed by atoms with van der Waals surface area (Å²) in [5.41, 5.74) is 6.68. The SMILES string of the molecule is Cc1ccc(N(Cc2ccc(C(=O)N[C@H]3CCCc4ccccc43)cc2)S(C)(=O)=O)cc1C. The van der Waals surface area contributed by atoms with Crippen molar-refractivity contribution >= 4 is 21.6 Å². The number of nitrogens with zero attached hydrogens (tertiary/aromatic N) is 1. The Labute approximate surface area is 196 Å². The third kappa shape index (κ3) is 5.28. The quantitative estimate of drug-likeness (QED) is 0.556. The van der Waals surface area contributed by atoms with Crippen LogP contribution in [0.4, 0.5) is 5.69 Å². The minimum absolute atomic E-state index is 0.0210. The summed E-state index contributed by atoms with van der Waals surface area (Å²) in [5, 5.41) is 3.17. The van der Waals surface area contributed by atoms with E-state index in [1.54, 1.807) is 12.1 Å². The summed E-state index contributed by atoms with van der Waals surface area (Å²) >= 11 is 0. The second kappa shape index (κ2) is 9.40. The fraction of sp³-hybridized carbons (Fsp3) is 0.296. The van der Waals surface area contributed by atoms with Crippen molar-refractivity contribution in [3.8, 4) is 0 Å². The number of carbonyl (C=O) groups excluding carboxylic acids is 1. The number of nitrogens with one attached hydrogen (secondary N) is 1. The highest BCUT2D eigenvalue weighted by molar-refractivity contribution is 7.92. The first-order valence-corrected chi connectivity index (χ1v) is 13.1. The van der Waals surface area contributed by atoms with E-state index in [-0.39, 0.29) is 18.5 Å². The Kier molecular flexibility index (Phi) is 6.56. The zero-order chi connectivity index (χ0) is 23.6. The van der Waals surface area contributed by atoms with Gasteiger partial charge in [-0.1, -0.05) is 42.5 Å². The van der Waals surface area contributed by atoms with Gasteiger partial charge in [-0.15, -0.1) is 0 Å². The van der Waals surface area contributed by atoms with Crippen LogP contribution in [0.2, 0.25) is 0 Å². The Morgan fingerprint density at radius 3 is 2.42 bits per heavy atom. The number of hydrogen-bond acceptors (Lipinski definition) is 3. The summed E-state index contributed by atoms with van der Waals surface area (Å²) < 4.78 is 26.4. The molecular weight excluding hydrogens is 432 g/mol. The average molecular weight is 463 g/mol. The van der Waals surface area contributed by atoms with E-state index in [4.69, 9.17) is 0 Å². The van der Waals surface area contributed by atoms with Crippen LogP contribution in [-0.4, -0.2) is 20.6 Å². The van der Waals surface area contributed by atoms with E-state index in [1.165, 1.54) is 21.7 Å². The summed E-state index contributed by atoms with van der Waals surface area (Å²) in [6.45, 7) is 4.18. The van der Waals surface area contributed by atoms with Crippen LogP contribution in [0, 0.1) is 13.8 Å². The summed E-state index contributed by atoms with van der Waals surface area (Å²) in [7, 11) is -3.47. The number of benzene rings is 3. The van der Waals surface area contributed by atoms with Crippen molar-refractivity contribution in [2.24, 2.45) is 0 Å². The van der Waals surface area contributed by atoms with Crippen molar-refractivity contribution in [3.05, 3.63) is 100 Å². The van der Waals surface area contributed by atoms with Crippen molar-refractivity contribution in [2.45, 2.75) is 45.7 Å². The maximum absolute atomic E-state index is 12.9. The van der Waals surface area contributed by atoms with Gasteiger partial charge in [-0.3, -0.25) is 9.10 Å². The molecular formula is C27H30N2O3S. The van der Waals surface area contributed by atoms with E-state index in [9.17, 15) is 13.2 Å². The number of carbonyl (C=O) groups is 1. The van der Waals surface area contributed by atoms with E-state index in [2.05, 4.69) is 17.4 Å². The van der Waals surface area contributed by atoms with Gasteiger partial charge in [0.05, 0.1) is 24.5 Å². The number of fused-ring (bicyclic) bond motifs is 1. The largest absolute Gasteiger partial charge is 0.345 e. The number of amides is 1. The number of anilines is 1. The van der Waals surface area contributed by atoms with Crippen LogP contribution in [0.1, 0.15) is 57.1 Å². The van der Waals surface area contributed by atoms with Crippen molar-refractivity contribution in [2.75, 3.05) is 10.6 Å². The lowest BCUT2D eigenvalue weighted by molar-refractivity contribution is 0.0932. The molecule has 0 saturated heterocycles. The van der Waals surface area contributed by atoms with Crippen molar-refractivity contribution in [1.29, 1.82) is 0 Å². The molecule has 0 heterocycles. The second-order valence-electron chi connectivity index (χ2n) is 8.85. The highest BCUT2D eigenvalue weighted by atomic mass is 32.2. The van der Waals surface area contributed by atoms with Gasteiger partial charge in [0.1, 0.15) is 0 Å². The molecule has 3 aromatic rings. The van der Waals surface area contributed by atoms with Gasteiger partial charge >= 0.3 is 0 Å². The Morgan fingerprint density at radius 1 is 1.00 bits per heavy atom. The van der Waals surface area contributed by atoms with E-state index in [0.717, 1.165) is 36.0 Å². The predicted molar refractivity (Wildman–Crippen MR) is 133 cm³/mol. The molecule has 3 aromatic carbocycles. The molecule has 0 aliphatic heterocycles. The monoisotopic (exact) mass is 462 g/mol. The fourth-order valence-corrected chi connectivity index (χ4v) is 5.23. The van der Waals surface area contributed by atoms with E-state index in [0.29, 0.717) is 11.3 Å². The van der Waals surface area contributed by atoms with Crippen LogP contribution >= 0.6 is 0 Å². The van der Waals surface area contributed by atoms with E-state index >= 15 is 0 Å². The zero-order valence-electron chi connectivity index (χ0n) is 19.3. The van der Waals surface area contributed by atoms with Crippen LogP contribution < -0.4 is 9.62 Å². The van der Waals surface area contributed by atoms with Crippen LogP contribution in [0.25, 0.3) is 0 Å². The topological polar surface area (TPSA) is 66.5 Å². The highest BCUT2D eigenvalue weighted by Crippen LogP contribution is 2.30. The first-order chi connectivity index (χ1) is 15.7. The number of sulfonamides is 1. The standard InChI is InChI=1S/C27H30N2O3S/c1-19-11-16-24(17-20(19)2)29(33(3,31)32)18-21-12-14-23(15-13-21)27(30)28-26-10-6-8-22-7-4-5-9-25(22)26/h4-5,7,9,11-17,26H,6,8,10,18H2,1-3H3,(H,28,30)/t26-/m0/s1. The molecule has 0 fully saturated rings. The first-order valence-electron chi connectivity index (χ1n) is 11.2. The molecule has 1 atom stereocenters. The molecule has 5 nitrogen and oxygen atoms in total. The fourth-order valence-electron chi connectivity index (χ4n) is 4.35. The summed E-state index contributed by atoms with van der Waals surface area (Å²) in [6.07, 6.45) is 4.25. The molecule has 172 valence electrons. The maximum atomic E-state index is 12.9. The molecule has 1 aliphatic carbocycles. The maximum Gasteiger partial charge on any atom is 0.251 e. The third-order valence-electron chi connectivity index (χ3n) is 6.40. The molecule has 4 rings (SSSR count). The van der Waals surface area contributed by atoms with Crippen LogP contribution in [0.3, 0.4) is 0 Å². The predicted octanol–water partition coefficient (Wildman–Crippen LogP) is 5.08. The Balaban J connectivity index is 1.49. The lowest BCUT2D eigenvalue weighted by Gasteiger charge is -2.26. The van der Waals surface area contributed by atoms with Gasteiger partial charge < -0.3 is 5.32 Å². The second-order valence-corrected chi connectivity index (χ2v) is 10.8. The van der Waals surface area contributed by atoms with Gasteiger partial charge in [0, 0.05) is 5.56 Å². The van der Waals surface area contributed by atoms with Crippen molar-refractivity contribution in [3.63, 3.8) is 0 Å². The van der Waals surface area contributed by atoms with E-state index in [1.807, 2.05) is 56.3 Å². The van der Waals surface area contributed by atoms with Crippen LogP contribution in [0.15, 0.2) is 66.7 Å². The van der Waals surface area contributed by atoms with Gasteiger partial charge in [-0.25, -0.2) is 8.42 Å². The van der Waals surface area contributed by atoms with Crippen LogP contribution in [0.5, 0.6) is 0 Å². The Morgan fingerprint density at radius 2 is 1.73 bits per heavy atom. The van der Waals surface area contributed by atoms with Gasteiger partial charge in [0.15, 0.2) is 0 Å². The lowest BCUT2D eigenvalue weighted by Crippen LogP contribution is -2.31.